The van der Waals surface area contributed by atoms with Gasteiger partial charge in [0, 0.05) is 11.1 Å². The Hall–Kier alpha value is -2.21. The van der Waals surface area contributed by atoms with E-state index in [1.54, 1.807) is 33.5 Å². The zero-order valence-electron chi connectivity index (χ0n) is 16.1. The number of halogens is 1. The Labute approximate surface area is 159 Å². The van der Waals surface area contributed by atoms with Gasteiger partial charge in [0.15, 0.2) is 5.82 Å². The summed E-state index contributed by atoms with van der Waals surface area (Å²) >= 11 is 6.15. The van der Waals surface area contributed by atoms with Crippen LogP contribution < -0.4 is 19.5 Å². The van der Waals surface area contributed by atoms with E-state index in [1.165, 1.54) is 0 Å². The first-order valence-corrected chi connectivity index (χ1v) is 8.97. The number of aryl methyl sites for hydroxylation is 1. The second kappa shape index (κ2) is 8.94. The molecular weight excluding hydrogens is 354 g/mol. The predicted molar refractivity (Wildman–Crippen MR) is 105 cm³/mol. The topological polar surface area (TPSA) is 65.5 Å². The molecule has 26 heavy (non-hydrogen) atoms. The van der Waals surface area contributed by atoms with Gasteiger partial charge in [0.05, 0.1) is 32.6 Å². The number of nitrogens with zero attached hydrogens (tertiary/aromatic N) is 2. The van der Waals surface area contributed by atoms with E-state index in [1.807, 2.05) is 6.92 Å². The van der Waals surface area contributed by atoms with Crippen LogP contribution >= 0.6 is 11.6 Å². The van der Waals surface area contributed by atoms with E-state index in [-0.39, 0.29) is 0 Å². The highest BCUT2D eigenvalue weighted by atomic mass is 35.5. The van der Waals surface area contributed by atoms with Gasteiger partial charge < -0.3 is 19.5 Å². The molecule has 0 amide bonds. The standard InChI is InChI=1S/C19H26ClN3O3/c1-7-13(8-2)22-18-19(26-6)23-17(11(3)21-18)16-14(24-4)9-12(20)10-15(16)25-5/h9-10,13H,7-8H2,1-6H3,(H,21,22). The summed E-state index contributed by atoms with van der Waals surface area (Å²) in [5.41, 5.74) is 2.05. The van der Waals surface area contributed by atoms with Crippen molar-refractivity contribution in [3.05, 3.63) is 22.8 Å². The van der Waals surface area contributed by atoms with E-state index in [0.717, 1.165) is 18.5 Å². The second-order valence-electron chi connectivity index (χ2n) is 5.86. The zero-order valence-corrected chi connectivity index (χ0v) is 16.9. The van der Waals surface area contributed by atoms with Crippen LogP contribution in [0.1, 0.15) is 32.4 Å². The SMILES string of the molecule is CCC(CC)Nc1nc(C)c(-c2c(OC)cc(Cl)cc2OC)nc1OC. The van der Waals surface area contributed by atoms with Crippen LogP contribution in [0.15, 0.2) is 12.1 Å². The molecule has 0 atom stereocenters. The van der Waals surface area contributed by atoms with Crippen molar-refractivity contribution in [3.63, 3.8) is 0 Å². The first-order chi connectivity index (χ1) is 12.5. The maximum atomic E-state index is 6.15. The summed E-state index contributed by atoms with van der Waals surface area (Å²) in [6.45, 7) is 6.16. The van der Waals surface area contributed by atoms with Gasteiger partial charge in [-0.25, -0.2) is 9.97 Å². The van der Waals surface area contributed by atoms with Crippen LogP contribution in [0.5, 0.6) is 17.4 Å². The lowest BCUT2D eigenvalue weighted by Crippen LogP contribution is -2.19. The summed E-state index contributed by atoms with van der Waals surface area (Å²) in [4.78, 5) is 9.37. The smallest absolute Gasteiger partial charge is 0.257 e. The van der Waals surface area contributed by atoms with Crippen LogP contribution in [-0.2, 0) is 0 Å². The molecule has 0 unspecified atom stereocenters. The van der Waals surface area contributed by atoms with Crippen LogP contribution in [0.3, 0.4) is 0 Å². The molecule has 0 spiro atoms. The van der Waals surface area contributed by atoms with E-state index in [2.05, 4.69) is 29.1 Å². The summed E-state index contributed by atoms with van der Waals surface area (Å²) in [5.74, 6) is 2.19. The molecule has 1 aromatic heterocycles. The van der Waals surface area contributed by atoms with E-state index in [9.17, 15) is 0 Å². The molecule has 0 aliphatic carbocycles. The molecule has 0 aliphatic rings. The Morgan fingerprint density at radius 1 is 1.00 bits per heavy atom. The van der Waals surface area contributed by atoms with Crippen LogP contribution in [0, 0.1) is 6.92 Å². The van der Waals surface area contributed by atoms with Crippen LogP contribution in [-0.4, -0.2) is 37.3 Å². The lowest BCUT2D eigenvalue weighted by Gasteiger charge is -2.20. The Bertz CT molecular complexity index is 739. The molecule has 2 aromatic rings. The van der Waals surface area contributed by atoms with Gasteiger partial charge in [-0.15, -0.1) is 0 Å². The largest absolute Gasteiger partial charge is 0.496 e. The van der Waals surface area contributed by atoms with Crippen molar-refractivity contribution >= 4 is 17.4 Å². The number of benzene rings is 1. The summed E-state index contributed by atoms with van der Waals surface area (Å²) in [6, 6.07) is 3.76. The van der Waals surface area contributed by atoms with Crippen molar-refractivity contribution in [1.29, 1.82) is 0 Å². The maximum absolute atomic E-state index is 6.15. The van der Waals surface area contributed by atoms with Gasteiger partial charge in [-0.1, -0.05) is 25.4 Å². The fourth-order valence-corrected chi connectivity index (χ4v) is 2.97. The number of hydrogen-bond acceptors (Lipinski definition) is 6. The third kappa shape index (κ3) is 4.12. The van der Waals surface area contributed by atoms with E-state index < -0.39 is 0 Å². The van der Waals surface area contributed by atoms with Gasteiger partial charge in [0.2, 0.25) is 0 Å². The van der Waals surface area contributed by atoms with Crippen LogP contribution in [0.4, 0.5) is 5.82 Å². The van der Waals surface area contributed by atoms with Crippen LogP contribution in [0.2, 0.25) is 5.02 Å². The van der Waals surface area contributed by atoms with E-state index in [0.29, 0.717) is 45.5 Å². The minimum absolute atomic E-state index is 0.308. The molecule has 142 valence electrons. The normalized spacial score (nSPS) is 10.8. The number of nitrogens with one attached hydrogen (secondary N) is 1. The summed E-state index contributed by atoms with van der Waals surface area (Å²) < 4.78 is 16.5. The molecule has 0 fully saturated rings. The summed E-state index contributed by atoms with van der Waals surface area (Å²) in [5, 5.41) is 3.92. The summed E-state index contributed by atoms with van der Waals surface area (Å²) in [6.07, 6.45) is 1.97. The fraction of sp³-hybridized carbons (Fsp3) is 0.474. The average molecular weight is 380 g/mol. The highest BCUT2D eigenvalue weighted by Gasteiger charge is 2.22. The summed E-state index contributed by atoms with van der Waals surface area (Å²) in [7, 11) is 4.74. The molecule has 1 heterocycles. The molecule has 6 nitrogen and oxygen atoms in total. The van der Waals surface area contributed by atoms with Crippen molar-refractivity contribution in [2.45, 2.75) is 39.7 Å². The Morgan fingerprint density at radius 2 is 1.58 bits per heavy atom. The fourth-order valence-electron chi connectivity index (χ4n) is 2.78. The minimum Gasteiger partial charge on any atom is -0.496 e. The van der Waals surface area contributed by atoms with E-state index in [4.69, 9.17) is 25.8 Å². The number of ether oxygens (including phenoxy) is 3. The lowest BCUT2D eigenvalue weighted by molar-refractivity contribution is 0.392. The Kier molecular flexibility index (Phi) is 6.91. The molecular formula is C19H26ClN3O3. The van der Waals surface area contributed by atoms with Crippen LogP contribution in [0.25, 0.3) is 11.3 Å². The number of methoxy groups -OCH3 is 3. The molecule has 7 heteroatoms. The molecule has 0 saturated heterocycles. The number of anilines is 1. The monoisotopic (exact) mass is 379 g/mol. The van der Waals surface area contributed by atoms with Gasteiger partial charge in [0.25, 0.3) is 5.88 Å². The highest BCUT2D eigenvalue weighted by molar-refractivity contribution is 6.31. The molecule has 0 bridgehead atoms. The maximum Gasteiger partial charge on any atom is 0.257 e. The Balaban J connectivity index is 2.62. The van der Waals surface area contributed by atoms with Gasteiger partial charge >= 0.3 is 0 Å². The third-order valence-electron chi connectivity index (χ3n) is 4.27. The average Bonchev–Trinajstić information content (AvgIpc) is 2.65. The molecule has 0 aliphatic heterocycles. The molecule has 0 radical (unpaired) electrons. The molecule has 1 N–H and O–H groups in total. The quantitative estimate of drug-likeness (QED) is 0.715. The zero-order chi connectivity index (χ0) is 19.3. The Morgan fingerprint density at radius 3 is 2.04 bits per heavy atom. The number of aromatic nitrogens is 2. The third-order valence-corrected chi connectivity index (χ3v) is 4.48. The van der Waals surface area contributed by atoms with Crippen molar-refractivity contribution in [2.24, 2.45) is 0 Å². The second-order valence-corrected chi connectivity index (χ2v) is 6.30. The molecule has 0 saturated carbocycles. The first kappa shape index (κ1) is 20.1. The molecule has 1 aromatic carbocycles. The highest BCUT2D eigenvalue weighted by Crippen LogP contribution is 2.42. The van der Waals surface area contributed by atoms with Crippen molar-refractivity contribution < 1.29 is 14.2 Å². The van der Waals surface area contributed by atoms with Gasteiger partial charge in [0.1, 0.15) is 17.2 Å². The number of hydrogen-bond donors (Lipinski definition) is 1. The van der Waals surface area contributed by atoms with Crippen molar-refractivity contribution in [3.8, 4) is 28.6 Å². The predicted octanol–water partition coefficient (Wildman–Crippen LogP) is 4.73. The minimum atomic E-state index is 0.308. The number of rotatable bonds is 8. The van der Waals surface area contributed by atoms with Gasteiger partial charge in [-0.3, -0.25) is 0 Å². The first-order valence-electron chi connectivity index (χ1n) is 8.59. The van der Waals surface area contributed by atoms with Crippen molar-refractivity contribution in [2.75, 3.05) is 26.6 Å². The van der Waals surface area contributed by atoms with Gasteiger partial charge in [-0.2, -0.15) is 0 Å². The lowest BCUT2D eigenvalue weighted by atomic mass is 10.1. The molecule has 2 rings (SSSR count). The van der Waals surface area contributed by atoms with Crippen molar-refractivity contribution in [1.82, 2.24) is 9.97 Å². The van der Waals surface area contributed by atoms with E-state index >= 15 is 0 Å². The van der Waals surface area contributed by atoms with Gasteiger partial charge in [-0.05, 0) is 31.9 Å².